The van der Waals surface area contributed by atoms with Crippen molar-refractivity contribution < 1.29 is 13.5 Å². The molecule has 0 aliphatic carbocycles. The first kappa shape index (κ1) is 9.65. The Bertz CT molecular complexity index is 191. The summed E-state index contributed by atoms with van der Waals surface area (Å²) in [6, 6.07) is 0. The second-order valence-electron chi connectivity index (χ2n) is 1.91. The first-order valence-electron chi connectivity index (χ1n) is 3.05. The van der Waals surface area contributed by atoms with E-state index in [4.69, 9.17) is 5.11 Å². The zero-order valence-electron chi connectivity index (χ0n) is 5.95. The summed E-state index contributed by atoms with van der Waals surface area (Å²) in [5.74, 6) is -0.110. The van der Waals surface area contributed by atoms with E-state index in [1.165, 1.54) is 0 Å². The van der Waals surface area contributed by atoms with Gasteiger partial charge in [0.1, 0.15) is 0 Å². The van der Waals surface area contributed by atoms with Crippen molar-refractivity contribution in [3.8, 4) is 0 Å². The van der Waals surface area contributed by atoms with E-state index >= 15 is 0 Å². The zero-order chi connectivity index (χ0) is 8.04. The van der Waals surface area contributed by atoms with Crippen LogP contribution in [-0.4, -0.2) is 31.6 Å². The minimum absolute atomic E-state index is 0.0318. The number of hydrogen-bond donors (Lipinski definition) is 1. The molecular weight excluding hydrogens is 152 g/mol. The van der Waals surface area contributed by atoms with E-state index in [9.17, 15) is 8.42 Å². The van der Waals surface area contributed by atoms with Crippen LogP contribution in [0.4, 0.5) is 0 Å². The van der Waals surface area contributed by atoms with Crippen LogP contribution in [0.2, 0.25) is 0 Å². The largest absolute Gasteiger partial charge is 0.395 e. The molecule has 0 aromatic heterocycles. The van der Waals surface area contributed by atoms with E-state index in [2.05, 4.69) is 0 Å². The first-order chi connectivity index (χ1) is 4.62. The Morgan fingerprint density at radius 1 is 1.50 bits per heavy atom. The van der Waals surface area contributed by atoms with Gasteiger partial charge in [-0.05, 0) is 6.92 Å². The lowest BCUT2D eigenvalue weighted by Crippen LogP contribution is -2.12. The third-order valence-electron chi connectivity index (χ3n) is 0.988. The van der Waals surface area contributed by atoms with Crippen molar-refractivity contribution >= 4 is 9.84 Å². The maximum Gasteiger partial charge on any atom is 0.156 e. The lowest BCUT2D eigenvalue weighted by atomic mass is 10.6. The predicted molar refractivity (Wildman–Crippen MR) is 40.6 cm³/mol. The molecule has 60 valence electrons. The van der Waals surface area contributed by atoms with Crippen molar-refractivity contribution in [1.29, 1.82) is 0 Å². The molecule has 0 atom stereocenters. The summed E-state index contributed by atoms with van der Waals surface area (Å²) in [5.41, 5.74) is 0. The van der Waals surface area contributed by atoms with Crippen LogP contribution < -0.4 is 0 Å². The Hall–Kier alpha value is -0.350. The average Bonchev–Trinajstić information content (AvgIpc) is 1.84. The maximum absolute atomic E-state index is 10.8. The molecule has 0 fully saturated rings. The van der Waals surface area contributed by atoms with E-state index < -0.39 is 9.84 Å². The fourth-order valence-corrected chi connectivity index (χ4v) is 1.40. The van der Waals surface area contributed by atoms with Crippen molar-refractivity contribution in [2.24, 2.45) is 0 Å². The molecule has 0 saturated heterocycles. The van der Waals surface area contributed by atoms with E-state index in [1.807, 2.05) is 0 Å². The van der Waals surface area contributed by atoms with Gasteiger partial charge in [0.2, 0.25) is 0 Å². The highest BCUT2D eigenvalue weighted by molar-refractivity contribution is 7.91. The normalized spacial score (nSPS) is 12.6. The molecule has 0 aromatic carbocycles. The van der Waals surface area contributed by atoms with Crippen molar-refractivity contribution in [1.82, 2.24) is 0 Å². The lowest BCUT2D eigenvalue weighted by molar-refractivity contribution is 0.319. The van der Waals surface area contributed by atoms with Crippen LogP contribution in [-0.2, 0) is 9.84 Å². The van der Waals surface area contributed by atoms with Crippen LogP contribution in [0.3, 0.4) is 0 Å². The molecule has 1 N–H and O–H groups in total. The van der Waals surface area contributed by atoms with Crippen molar-refractivity contribution in [3.05, 3.63) is 12.2 Å². The molecule has 0 spiro atoms. The number of hydrogen-bond acceptors (Lipinski definition) is 3. The third-order valence-corrected chi connectivity index (χ3v) is 2.49. The second-order valence-corrected chi connectivity index (χ2v) is 4.14. The molecule has 0 bridgehead atoms. The molecule has 0 rings (SSSR count). The van der Waals surface area contributed by atoms with Crippen LogP contribution >= 0.6 is 0 Å². The molecule has 0 aliphatic heterocycles. The summed E-state index contributed by atoms with van der Waals surface area (Å²) in [7, 11) is -3.03. The van der Waals surface area contributed by atoms with Gasteiger partial charge in [-0.25, -0.2) is 8.42 Å². The third kappa shape index (κ3) is 4.52. The van der Waals surface area contributed by atoms with Gasteiger partial charge in [-0.15, -0.1) is 0 Å². The van der Waals surface area contributed by atoms with Gasteiger partial charge in [0.25, 0.3) is 0 Å². The highest BCUT2D eigenvalue weighted by Crippen LogP contribution is 1.89. The summed E-state index contributed by atoms with van der Waals surface area (Å²) in [6.07, 6.45) is 3.24. The van der Waals surface area contributed by atoms with Gasteiger partial charge in [0.15, 0.2) is 9.84 Å². The summed E-state index contributed by atoms with van der Waals surface area (Å²) in [4.78, 5) is 0. The van der Waals surface area contributed by atoms with Crippen LogP contribution in [0, 0.1) is 0 Å². The van der Waals surface area contributed by atoms with Gasteiger partial charge in [-0.3, -0.25) is 0 Å². The number of rotatable bonds is 4. The number of aliphatic hydroxyl groups is 1. The number of sulfone groups is 1. The predicted octanol–water partition coefficient (Wildman–Crippen LogP) is -0.0304. The summed E-state index contributed by atoms with van der Waals surface area (Å²) in [6.45, 7) is 1.47. The first-order valence-corrected chi connectivity index (χ1v) is 4.87. The van der Waals surface area contributed by atoms with Gasteiger partial charge >= 0.3 is 0 Å². The molecule has 0 aliphatic rings. The van der Waals surface area contributed by atoms with Gasteiger partial charge in [-0.1, -0.05) is 12.2 Å². The monoisotopic (exact) mass is 164 g/mol. The highest BCUT2D eigenvalue weighted by atomic mass is 32.2. The standard InChI is InChI=1S/C6H12O3S/c1-2-3-5-10(8,9)6-4-7/h2-3,7H,4-6H2,1H3/b3-2+. The van der Waals surface area contributed by atoms with Crippen LogP contribution in [0.1, 0.15) is 6.92 Å². The molecule has 0 amide bonds. The second kappa shape index (κ2) is 4.46. The SMILES string of the molecule is C/C=C/CS(=O)(=O)CCO. The topological polar surface area (TPSA) is 54.4 Å². The Kier molecular flexibility index (Phi) is 4.31. The summed E-state index contributed by atoms with van der Waals surface area (Å²) >= 11 is 0. The Balaban J connectivity index is 3.89. The lowest BCUT2D eigenvalue weighted by Gasteiger charge is -1.95. The fourth-order valence-electron chi connectivity index (χ4n) is 0.465. The van der Waals surface area contributed by atoms with Gasteiger partial charge in [-0.2, -0.15) is 0 Å². The molecule has 0 unspecified atom stereocenters. The van der Waals surface area contributed by atoms with Crippen LogP contribution in [0.25, 0.3) is 0 Å². The van der Waals surface area contributed by atoms with Crippen LogP contribution in [0.5, 0.6) is 0 Å². The highest BCUT2D eigenvalue weighted by Gasteiger charge is 2.05. The number of aliphatic hydroxyl groups excluding tert-OH is 1. The fraction of sp³-hybridized carbons (Fsp3) is 0.667. The van der Waals surface area contributed by atoms with E-state index in [0.717, 1.165) is 0 Å². The molecule has 0 aromatic rings. The summed E-state index contributed by atoms with van der Waals surface area (Å²) < 4.78 is 21.6. The van der Waals surface area contributed by atoms with Crippen molar-refractivity contribution in [2.75, 3.05) is 18.1 Å². The van der Waals surface area contributed by atoms with Crippen LogP contribution in [0.15, 0.2) is 12.2 Å². The number of allylic oxidation sites excluding steroid dienone is 1. The van der Waals surface area contributed by atoms with Crippen molar-refractivity contribution in [3.63, 3.8) is 0 Å². The van der Waals surface area contributed by atoms with E-state index in [-0.39, 0.29) is 18.1 Å². The van der Waals surface area contributed by atoms with E-state index in [1.54, 1.807) is 19.1 Å². The molecular formula is C6H12O3S. The molecule has 0 radical (unpaired) electrons. The molecule has 3 nitrogen and oxygen atoms in total. The van der Waals surface area contributed by atoms with Gasteiger partial charge < -0.3 is 5.11 Å². The average molecular weight is 164 g/mol. The van der Waals surface area contributed by atoms with Crippen molar-refractivity contribution in [2.45, 2.75) is 6.92 Å². The molecule has 0 heterocycles. The Morgan fingerprint density at radius 2 is 2.10 bits per heavy atom. The smallest absolute Gasteiger partial charge is 0.156 e. The molecule has 4 heteroatoms. The van der Waals surface area contributed by atoms with E-state index in [0.29, 0.717) is 0 Å². The van der Waals surface area contributed by atoms with Gasteiger partial charge in [0, 0.05) is 0 Å². The minimum Gasteiger partial charge on any atom is -0.395 e. The molecule has 0 saturated carbocycles. The Morgan fingerprint density at radius 3 is 2.50 bits per heavy atom. The van der Waals surface area contributed by atoms with Gasteiger partial charge in [0.05, 0.1) is 18.1 Å². The Labute approximate surface area is 61.3 Å². The summed E-state index contributed by atoms with van der Waals surface area (Å²) in [5, 5.41) is 8.30. The molecule has 10 heavy (non-hydrogen) atoms. The quantitative estimate of drug-likeness (QED) is 0.594. The maximum atomic E-state index is 10.8. The zero-order valence-corrected chi connectivity index (χ0v) is 6.76. The minimum atomic E-state index is -3.03.